The van der Waals surface area contributed by atoms with Gasteiger partial charge in [-0.2, -0.15) is 0 Å². The molecule has 0 unspecified atom stereocenters. The average molecular weight is 530 g/mol. The molecule has 2 N–H and O–H groups in total. The van der Waals surface area contributed by atoms with Gasteiger partial charge in [-0.25, -0.2) is 9.97 Å². The molecule has 0 amide bonds. The summed E-state index contributed by atoms with van der Waals surface area (Å²) < 4.78 is 1.09. The number of fused-ring (bicyclic) bond motifs is 8. The molecule has 2 aliphatic rings. The maximum absolute atomic E-state index is 5.11. The van der Waals surface area contributed by atoms with Crippen molar-refractivity contribution in [3.05, 3.63) is 68.2 Å². The molecular formula is C30H33BrN4. The molecule has 0 aliphatic carbocycles. The summed E-state index contributed by atoms with van der Waals surface area (Å²) in [5.41, 5.74) is 17.4. The second-order valence-electron chi connectivity index (χ2n) is 9.56. The Morgan fingerprint density at radius 3 is 1.71 bits per heavy atom. The molecule has 35 heavy (non-hydrogen) atoms. The van der Waals surface area contributed by atoms with Crippen LogP contribution in [0.4, 0.5) is 0 Å². The van der Waals surface area contributed by atoms with Crippen LogP contribution in [0, 0.1) is 13.8 Å². The number of aryl methyl sites for hydroxylation is 3. The van der Waals surface area contributed by atoms with E-state index in [1.165, 1.54) is 39.0 Å². The van der Waals surface area contributed by atoms with E-state index < -0.39 is 0 Å². The Labute approximate surface area is 215 Å². The van der Waals surface area contributed by atoms with Crippen molar-refractivity contribution in [3.8, 4) is 0 Å². The van der Waals surface area contributed by atoms with Crippen molar-refractivity contribution in [2.75, 3.05) is 0 Å². The van der Waals surface area contributed by atoms with Gasteiger partial charge in [0.1, 0.15) is 0 Å². The number of hydrogen-bond acceptors (Lipinski definition) is 2. The van der Waals surface area contributed by atoms with Crippen molar-refractivity contribution in [3.63, 3.8) is 0 Å². The Morgan fingerprint density at radius 2 is 1.11 bits per heavy atom. The van der Waals surface area contributed by atoms with Crippen LogP contribution in [0.3, 0.4) is 0 Å². The Kier molecular flexibility index (Phi) is 6.08. The first kappa shape index (κ1) is 23.8. The fourth-order valence-corrected chi connectivity index (χ4v) is 5.90. The second-order valence-corrected chi connectivity index (χ2v) is 10.3. The number of halogens is 1. The number of nitrogens with one attached hydrogen (secondary N) is 2. The zero-order valence-electron chi connectivity index (χ0n) is 21.7. The molecule has 4 nitrogen and oxygen atoms in total. The maximum atomic E-state index is 5.11. The van der Waals surface area contributed by atoms with Crippen LogP contribution in [0.2, 0.25) is 0 Å². The summed E-state index contributed by atoms with van der Waals surface area (Å²) in [6, 6.07) is 8.82. The SMILES string of the molecule is CCC1=C(C)c2cc3[nH]c(cc4[nH]c(cc5nc(cc1n2)C(C)=C5CC)c(C)c4Br)c(C)c3CC. The number of aromatic amines is 2. The van der Waals surface area contributed by atoms with Gasteiger partial charge in [-0.3, -0.25) is 0 Å². The monoisotopic (exact) mass is 528 g/mol. The lowest BCUT2D eigenvalue weighted by Crippen LogP contribution is -1.84. The Bertz CT molecular complexity index is 1590. The minimum atomic E-state index is 0.940. The lowest BCUT2D eigenvalue weighted by molar-refractivity contribution is 1.14. The fraction of sp³-hybridized carbons (Fsp3) is 0.333. The molecule has 0 aromatic carbocycles. The summed E-state index contributed by atoms with van der Waals surface area (Å²) in [5, 5.41) is 0. The van der Waals surface area contributed by atoms with Gasteiger partial charge in [0.05, 0.1) is 28.3 Å². The molecule has 0 fully saturated rings. The molecule has 0 spiro atoms. The predicted octanol–water partition coefficient (Wildman–Crippen LogP) is 8.94. The van der Waals surface area contributed by atoms with E-state index in [1.807, 2.05) is 0 Å². The average Bonchev–Trinajstić information content (AvgIpc) is 3.48. The van der Waals surface area contributed by atoms with E-state index in [-0.39, 0.29) is 0 Å². The number of allylic oxidation sites excluding steroid dienone is 4. The van der Waals surface area contributed by atoms with Crippen LogP contribution in [0.5, 0.6) is 0 Å². The lowest BCUT2D eigenvalue weighted by Gasteiger charge is -2.01. The van der Waals surface area contributed by atoms with Crippen LogP contribution in [0.1, 0.15) is 86.9 Å². The van der Waals surface area contributed by atoms with Gasteiger partial charge >= 0.3 is 0 Å². The lowest BCUT2D eigenvalue weighted by atomic mass is 10.0. The first-order chi connectivity index (χ1) is 16.8. The number of H-pyrrole nitrogens is 2. The van der Waals surface area contributed by atoms with Crippen LogP contribution >= 0.6 is 15.9 Å². The van der Waals surface area contributed by atoms with Crippen LogP contribution in [0.15, 0.2) is 28.7 Å². The molecule has 5 rings (SSSR count). The number of nitrogens with zero attached hydrogens (tertiary/aromatic N) is 2. The van der Waals surface area contributed by atoms with Gasteiger partial charge in [0, 0.05) is 21.0 Å². The van der Waals surface area contributed by atoms with Crippen molar-refractivity contribution in [2.24, 2.45) is 0 Å². The van der Waals surface area contributed by atoms with Gasteiger partial charge in [-0.15, -0.1) is 0 Å². The fourth-order valence-electron chi connectivity index (χ4n) is 5.48. The quantitative estimate of drug-likeness (QED) is 0.356. The molecule has 5 heterocycles. The summed E-state index contributed by atoms with van der Waals surface area (Å²) in [6.45, 7) is 15.4. The van der Waals surface area contributed by atoms with Crippen LogP contribution in [0.25, 0.3) is 44.4 Å². The molecule has 0 saturated carbocycles. The molecule has 8 bridgehead atoms. The minimum Gasteiger partial charge on any atom is -0.355 e. The van der Waals surface area contributed by atoms with Crippen molar-refractivity contribution in [1.29, 1.82) is 0 Å². The number of aromatic nitrogens is 4. The number of hydrogen-bond donors (Lipinski definition) is 2. The molecule has 5 heteroatoms. The standard InChI is InChI=1S/C30H33BrN4/c1-8-19-15(4)22-12-27-21(10-3)17(6)24(34-27)14-29-30(31)18(7)25(35-29)13-28-20(9-2)16(5)23(33-28)11-26(19)32-22/h11-14,34-35H,8-10H2,1-7H3. The largest absolute Gasteiger partial charge is 0.355 e. The van der Waals surface area contributed by atoms with Gasteiger partial charge in [-0.05, 0) is 126 Å². The number of rotatable bonds is 3. The molecule has 0 saturated heterocycles. The van der Waals surface area contributed by atoms with Crippen molar-refractivity contribution in [1.82, 2.24) is 19.9 Å². The van der Waals surface area contributed by atoms with Gasteiger partial charge in [0.2, 0.25) is 0 Å². The summed E-state index contributed by atoms with van der Waals surface area (Å²) >= 11 is 3.84. The highest BCUT2D eigenvalue weighted by molar-refractivity contribution is 9.10. The zero-order chi connectivity index (χ0) is 25.0. The molecule has 180 valence electrons. The van der Waals surface area contributed by atoms with E-state index in [0.717, 1.165) is 68.6 Å². The Hall–Kier alpha value is -2.92. The van der Waals surface area contributed by atoms with Gasteiger partial charge < -0.3 is 9.97 Å². The third-order valence-electron chi connectivity index (χ3n) is 7.65. The second kappa shape index (κ2) is 8.94. The first-order valence-corrected chi connectivity index (χ1v) is 13.4. The molecule has 0 atom stereocenters. The van der Waals surface area contributed by atoms with Crippen molar-refractivity contribution >= 4 is 60.3 Å². The van der Waals surface area contributed by atoms with Crippen LogP contribution in [-0.2, 0) is 6.42 Å². The summed E-state index contributed by atoms with van der Waals surface area (Å²) in [6.07, 6.45) is 2.85. The third-order valence-corrected chi connectivity index (χ3v) is 8.67. The van der Waals surface area contributed by atoms with Gasteiger partial charge in [-0.1, -0.05) is 20.8 Å². The van der Waals surface area contributed by atoms with E-state index in [1.54, 1.807) is 0 Å². The minimum absolute atomic E-state index is 0.940. The van der Waals surface area contributed by atoms with E-state index in [2.05, 4.69) is 98.6 Å². The van der Waals surface area contributed by atoms with E-state index in [4.69, 9.17) is 9.97 Å². The smallest absolute Gasteiger partial charge is 0.0693 e. The van der Waals surface area contributed by atoms with Crippen LogP contribution in [-0.4, -0.2) is 19.9 Å². The Balaban J connectivity index is 1.99. The highest BCUT2D eigenvalue weighted by Gasteiger charge is 2.20. The van der Waals surface area contributed by atoms with E-state index in [0.29, 0.717) is 0 Å². The highest BCUT2D eigenvalue weighted by Crippen LogP contribution is 2.37. The topological polar surface area (TPSA) is 57.4 Å². The summed E-state index contributed by atoms with van der Waals surface area (Å²) in [7, 11) is 0. The molecular weight excluding hydrogens is 496 g/mol. The van der Waals surface area contributed by atoms with Gasteiger partial charge in [0.25, 0.3) is 0 Å². The molecule has 3 aromatic heterocycles. The van der Waals surface area contributed by atoms with Gasteiger partial charge in [0.15, 0.2) is 0 Å². The molecule has 3 aromatic rings. The van der Waals surface area contributed by atoms with Crippen molar-refractivity contribution in [2.45, 2.75) is 67.7 Å². The predicted molar refractivity (Wildman–Crippen MR) is 153 cm³/mol. The Morgan fingerprint density at radius 1 is 0.600 bits per heavy atom. The third kappa shape index (κ3) is 3.81. The summed E-state index contributed by atoms with van der Waals surface area (Å²) in [4.78, 5) is 17.5. The molecule has 2 aliphatic heterocycles. The van der Waals surface area contributed by atoms with Crippen LogP contribution < -0.4 is 0 Å². The highest BCUT2D eigenvalue weighted by atomic mass is 79.9. The molecule has 0 radical (unpaired) electrons. The first-order valence-electron chi connectivity index (χ1n) is 12.6. The van der Waals surface area contributed by atoms with E-state index >= 15 is 0 Å². The van der Waals surface area contributed by atoms with Crippen molar-refractivity contribution < 1.29 is 0 Å². The maximum Gasteiger partial charge on any atom is 0.0693 e. The summed E-state index contributed by atoms with van der Waals surface area (Å²) in [5.74, 6) is 0. The van der Waals surface area contributed by atoms with E-state index in [9.17, 15) is 0 Å². The normalized spacial score (nSPS) is 13.8. The zero-order valence-corrected chi connectivity index (χ0v) is 23.3.